The fraction of sp³-hybridized carbons (Fsp3) is 1.00. The predicted molar refractivity (Wildman–Crippen MR) is 90.1 cm³/mol. The van der Waals surface area contributed by atoms with Gasteiger partial charge in [-0.1, -0.05) is 12.8 Å². The van der Waals surface area contributed by atoms with Gasteiger partial charge in [0, 0.05) is 13.2 Å². The molecule has 5 nitrogen and oxygen atoms in total. The first-order valence-electron chi connectivity index (χ1n) is 7.81. The molecule has 0 saturated carbocycles. The van der Waals surface area contributed by atoms with E-state index in [2.05, 4.69) is 6.55 Å². The zero-order chi connectivity index (χ0) is 16.6. The van der Waals surface area contributed by atoms with E-state index in [0.717, 1.165) is 31.4 Å². The summed E-state index contributed by atoms with van der Waals surface area (Å²) in [6.45, 7) is 9.87. The van der Waals surface area contributed by atoms with Crippen molar-refractivity contribution in [2.24, 2.45) is 0 Å². The summed E-state index contributed by atoms with van der Waals surface area (Å²) in [7, 11) is -4.17. The van der Waals surface area contributed by atoms with Gasteiger partial charge in [0.1, 0.15) is 0 Å². The topological polar surface area (TPSA) is 79.2 Å². The Morgan fingerprint density at radius 2 is 1.62 bits per heavy atom. The Morgan fingerprint density at radius 3 is 2.10 bits per heavy atom. The zero-order valence-electron chi connectivity index (χ0n) is 14.3. The van der Waals surface area contributed by atoms with Crippen LogP contribution in [-0.4, -0.2) is 56.9 Å². The van der Waals surface area contributed by atoms with Crippen LogP contribution in [0.3, 0.4) is 0 Å². The van der Waals surface area contributed by atoms with Crippen LogP contribution < -0.4 is 0 Å². The quantitative estimate of drug-likeness (QED) is 0.289. The standard InChI is InChI=1S/C14H34O5Si2/c1-14(2,16)18-10-12-21(5,11-8-6-7-9-15)19-13-20(3,4)17/h15-17H,6-13H2,1-5H3. The van der Waals surface area contributed by atoms with E-state index in [1.54, 1.807) is 13.8 Å². The highest BCUT2D eigenvalue weighted by atomic mass is 28.4. The molecule has 0 aromatic carbocycles. The molecule has 0 aliphatic rings. The Kier molecular flexibility index (Phi) is 9.49. The van der Waals surface area contributed by atoms with Crippen LogP contribution in [0.5, 0.6) is 0 Å². The van der Waals surface area contributed by atoms with Crippen LogP contribution in [0.2, 0.25) is 31.7 Å². The predicted octanol–water partition coefficient (Wildman–Crippen LogP) is 2.22. The first-order valence-corrected chi connectivity index (χ1v) is 13.8. The van der Waals surface area contributed by atoms with Crippen LogP contribution in [0, 0.1) is 0 Å². The van der Waals surface area contributed by atoms with Crippen molar-refractivity contribution in [2.75, 3.05) is 19.4 Å². The summed E-state index contributed by atoms with van der Waals surface area (Å²) >= 11 is 0. The Balaban J connectivity index is 4.36. The van der Waals surface area contributed by atoms with Gasteiger partial charge in [-0.05, 0) is 52.0 Å². The summed E-state index contributed by atoms with van der Waals surface area (Å²) in [6, 6.07) is 1.80. The van der Waals surface area contributed by atoms with E-state index < -0.39 is 22.4 Å². The third kappa shape index (κ3) is 13.6. The van der Waals surface area contributed by atoms with Crippen LogP contribution in [0.4, 0.5) is 0 Å². The first-order chi connectivity index (χ1) is 9.47. The summed E-state index contributed by atoms with van der Waals surface area (Å²) in [5.41, 5.74) is 0. The third-order valence-corrected chi connectivity index (χ3v) is 7.88. The monoisotopic (exact) mass is 338 g/mol. The van der Waals surface area contributed by atoms with E-state index in [1.807, 2.05) is 13.1 Å². The molecule has 0 spiro atoms. The minimum Gasteiger partial charge on any atom is -0.430 e. The molecule has 0 aliphatic heterocycles. The van der Waals surface area contributed by atoms with E-state index in [0.29, 0.717) is 12.8 Å². The molecule has 128 valence electrons. The fourth-order valence-electron chi connectivity index (χ4n) is 1.92. The maximum atomic E-state index is 9.98. The average molecular weight is 339 g/mol. The molecule has 7 heteroatoms. The van der Waals surface area contributed by atoms with Crippen molar-refractivity contribution >= 4 is 16.6 Å². The maximum Gasteiger partial charge on any atom is 0.206 e. The first kappa shape index (κ1) is 21.2. The molecule has 0 fully saturated rings. The molecular formula is C14H34O5Si2. The third-order valence-electron chi connectivity index (χ3n) is 3.22. The smallest absolute Gasteiger partial charge is 0.206 e. The normalized spacial score (nSPS) is 16.0. The molecule has 3 N–H and O–H groups in total. The SMILES string of the molecule is CC(C)(O)OCC[Si](C)(CCCCCO)OC[Si](C)(C)O. The van der Waals surface area contributed by atoms with E-state index in [-0.39, 0.29) is 6.61 Å². The molecule has 0 radical (unpaired) electrons. The number of rotatable bonds is 12. The fourth-order valence-corrected chi connectivity index (χ4v) is 6.80. The van der Waals surface area contributed by atoms with Gasteiger partial charge in [0.15, 0.2) is 14.1 Å². The summed E-state index contributed by atoms with van der Waals surface area (Å²) in [5, 5.41) is 18.5. The molecule has 1 unspecified atom stereocenters. The lowest BCUT2D eigenvalue weighted by atomic mass is 10.3. The highest BCUT2D eigenvalue weighted by Crippen LogP contribution is 2.23. The number of hydrogen-bond donors (Lipinski definition) is 3. The van der Waals surface area contributed by atoms with Gasteiger partial charge in [0.25, 0.3) is 0 Å². The lowest BCUT2D eigenvalue weighted by Crippen LogP contribution is -2.43. The molecular weight excluding hydrogens is 304 g/mol. The van der Waals surface area contributed by atoms with E-state index in [9.17, 15) is 9.90 Å². The second kappa shape index (κ2) is 9.39. The van der Waals surface area contributed by atoms with E-state index >= 15 is 0 Å². The molecule has 0 heterocycles. The molecule has 0 aromatic rings. The Hall–Kier alpha value is 0.234. The second-order valence-electron chi connectivity index (χ2n) is 7.13. The molecule has 21 heavy (non-hydrogen) atoms. The van der Waals surface area contributed by atoms with Crippen LogP contribution in [0.25, 0.3) is 0 Å². The molecule has 1 atom stereocenters. The molecule has 0 rings (SSSR count). The molecule has 0 aliphatic carbocycles. The lowest BCUT2D eigenvalue weighted by Gasteiger charge is -2.31. The maximum absolute atomic E-state index is 9.98. The average Bonchev–Trinajstić information content (AvgIpc) is 2.30. The largest absolute Gasteiger partial charge is 0.430 e. The van der Waals surface area contributed by atoms with Gasteiger partial charge < -0.3 is 24.2 Å². The second-order valence-corrected chi connectivity index (χ2v) is 15.2. The summed E-state index contributed by atoms with van der Waals surface area (Å²) in [6.07, 6.45) is 3.30. The Morgan fingerprint density at radius 1 is 1.00 bits per heavy atom. The minimum atomic E-state index is -2.21. The number of unbranched alkanes of at least 4 members (excludes halogenated alkanes) is 2. The molecule has 0 saturated heterocycles. The number of aliphatic hydroxyl groups is 2. The van der Waals surface area contributed by atoms with E-state index in [1.165, 1.54) is 0 Å². The molecule has 0 aromatic heterocycles. The van der Waals surface area contributed by atoms with Gasteiger partial charge in [-0.15, -0.1) is 0 Å². The van der Waals surface area contributed by atoms with Crippen LogP contribution in [-0.2, 0) is 9.16 Å². The van der Waals surface area contributed by atoms with E-state index in [4.69, 9.17) is 14.3 Å². The van der Waals surface area contributed by atoms with Crippen molar-refractivity contribution in [3.8, 4) is 0 Å². The summed E-state index contributed by atoms with van der Waals surface area (Å²) < 4.78 is 11.5. The van der Waals surface area contributed by atoms with Gasteiger partial charge in [0.05, 0.1) is 6.23 Å². The Labute approximate surface area is 131 Å². The van der Waals surface area contributed by atoms with Crippen LogP contribution in [0.15, 0.2) is 0 Å². The highest BCUT2D eigenvalue weighted by Gasteiger charge is 2.32. The molecule has 0 amide bonds. The summed E-state index contributed by atoms with van der Waals surface area (Å²) in [5.74, 6) is -1.11. The van der Waals surface area contributed by atoms with Gasteiger partial charge in [-0.3, -0.25) is 0 Å². The number of aliphatic hydroxyl groups excluding tert-OH is 1. The van der Waals surface area contributed by atoms with Crippen molar-refractivity contribution in [1.82, 2.24) is 0 Å². The van der Waals surface area contributed by atoms with Crippen LogP contribution in [0.1, 0.15) is 33.1 Å². The number of ether oxygens (including phenoxy) is 1. The zero-order valence-corrected chi connectivity index (χ0v) is 16.3. The summed E-state index contributed by atoms with van der Waals surface area (Å²) in [4.78, 5) is 9.98. The number of hydrogen-bond acceptors (Lipinski definition) is 5. The van der Waals surface area contributed by atoms with Crippen molar-refractivity contribution in [1.29, 1.82) is 0 Å². The van der Waals surface area contributed by atoms with Gasteiger partial charge >= 0.3 is 0 Å². The molecule has 0 bridgehead atoms. The van der Waals surface area contributed by atoms with Gasteiger partial charge in [-0.25, -0.2) is 0 Å². The van der Waals surface area contributed by atoms with Crippen LogP contribution >= 0.6 is 0 Å². The van der Waals surface area contributed by atoms with Crippen molar-refractivity contribution in [2.45, 2.75) is 70.6 Å². The highest BCUT2D eigenvalue weighted by molar-refractivity contribution is 6.75. The van der Waals surface area contributed by atoms with Crippen molar-refractivity contribution < 1.29 is 24.2 Å². The van der Waals surface area contributed by atoms with Gasteiger partial charge in [-0.2, -0.15) is 0 Å². The Bertz CT molecular complexity index is 276. The minimum absolute atomic E-state index is 0.234. The lowest BCUT2D eigenvalue weighted by molar-refractivity contribution is -0.172. The van der Waals surface area contributed by atoms with Gasteiger partial charge in [0.2, 0.25) is 8.32 Å². The van der Waals surface area contributed by atoms with Crippen molar-refractivity contribution in [3.63, 3.8) is 0 Å². The van der Waals surface area contributed by atoms with Crippen molar-refractivity contribution in [3.05, 3.63) is 0 Å².